The molecule has 8 heteroatoms. The lowest BCUT2D eigenvalue weighted by atomic mass is 9.49. The summed E-state index contributed by atoms with van der Waals surface area (Å²) in [5.41, 5.74) is 0.374. The molecule has 0 aliphatic heterocycles. The minimum Gasteiger partial charge on any atom is -0.332 e. The summed E-state index contributed by atoms with van der Waals surface area (Å²) in [4.78, 5) is 13.2. The number of amides is 1. The van der Waals surface area contributed by atoms with Gasteiger partial charge in [-0.2, -0.15) is 0 Å². The van der Waals surface area contributed by atoms with Crippen molar-refractivity contribution >= 4 is 38.9 Å². The number of carbonyl (C=O) groups is 1. The van der Waals surface area contributed by atoms with Crippen LogP contribution in [0, 0.1) is 23.2 Å². The zero-order valence-electron chi connectivity index (χ0n) is 16.3. The molecule has 0 atom stereocenters. The molecule has 6 nitrogen and oxygen atoms in total. The zero-order valence-corrected chi connectivity index (χ0v) is 17.9. The van der Waals surface area contributed by atoms with Crippen LogP contribution >= 0.6 is 12.2 Å². The number of thiocarbonyl (C=S) groups is 1. The molecular weight excluding hydrogens is 406 g/mol. The van der Waals surface area contributed by atoms with Crippen molar-refractivity contribution in [2.75, 3.05) is 11.9 Å². The largest absolute Gasteiger partial charge is 0.332 e. The van der Waals surface area contributed by atoms with Crippen molar-refractivity contribution < 1.29 is 13.2 Å². The van der Waals surface area contributed by atoms with Crippen molar-refractivity contribution in [1.29, 1.82) is 0 Å². The molecule has 156 valence electrons. The van der Waals surface area contributed by atoms with Gasteiger partial charge in [-0.15, -0.1) is 6.58 Å². The molecule has 0 saturated heterocycles. The predicted octanol–water partition coefficient (Wildman–Crippen LogP) is 3.18. The van der Waals surface area contributed by atoms with E-state index < -0.39 is 10.0 Å². The van der Waals surface area contributed by atoms with E-state index in [4.69, 9.17) is 12.2 Å². The molecule has 0 unspecified atom stereocenters. The van der Waals surface area contributed by atoms with Gasteiger partial charge in [-0.05, 0) is 92.8 Å². The molecule has 0 aromatic heterocycles. The van der Waals surface area contributed by atoms with Crippen LogP contribution in [0.1, 0.15) is 38.5 Å². The second-order valence-electron chi connectivity index (χ2n) is 8.77. The number of hydrogen-bond acceptors (Lipinski definition) is 4. The van der Waals surface area contributed by atoms with E-state index in [1.54, 1.807) is 12.1 Å². The summed E-state index contributed by atoms with van der Waals surface area (Å²) in [5, 5.41) is 6.15. The maximum Gasteiger partial charge on any atom is 0.240 e. The number of hydrogen-bond donors (Lipinski definition) is 3. The van der Waals surface area contributed by atoms with Crippen LogP contribution in [0.2, 0.25) is 0 Å². The molecule has 1 aromatic rings. The third kappa shape index (κ3) is 4.25. The molecule has 29 heavy (non-hydrogen) atoms. The maximum atomic E-state index is 13.0. The third-order valence-electron chi connectivity index (χ3n) is 6.59. The fourth-order valence-electron chi connectivity index (χ4n) is 5.76. The second kappa shape index (κ2) is 7.81. The van der Waals surface area contributed by atoms with Crippen LogP contribution in [0.5, 0.6) is 0 Å². The average molecular weight is 434 g/mol. The summed E-state index contributed by atoms with van der Waals surface area (Å²) >= 11 is 5.35. The number of nitrogens with one attached hydrogen (secondary N) is 3. The molecule has 1 aromatic carbocycles. The van der Waals surface area contributed by atoms with Crippen LogP contribution in [-0.2, 0) is 14.8 Å². The van der Waals surface area contributed by atoms with Crippen LogP contribution in [0.4, 0.5) is 5.69 Å². The molecule has 3 N–H and O–H groups in total. The predicted molar refractivity (Wildman–Crippen MR) is 117 cm³/mol. The first kappa shape index (κ1) is 20.5. The Morgan fingerprint density at radius 1 is 1.10 bits per heavy atom. The van der Waals surface area contributed by atoms with Gasteiger partial charge in [0.25, 0.3) is 0 Å². The van der Waals surface area contributed by atoms with Gasteiger partial charge in [0.05, 0.1) is 10.3 Å². The van der Waals surface area contributed by atoms with Gasteiger partial charge in [0.15, 0.2) is 5.11 Å². The van der Waals surface area contributed by atoms with Gasteiger partial charge in [0.2, 0.25) is 15.9 Å². The lowest BCUT2D eigenvalue weighted by Gasteiger charge is -2.55. The van der Waals surface area contributed by atoms with Crippen molar-refractivity contribution in [3.05, 3.63) is 36.9 Å². The van der Waals surface area contributed by atoms with E-state index in [1.165, 1.54) is 37.5 Å². The molecule has 4 aliphatic carbocycles. The zero-order chi connectivity index (χ0) is 20.6. The number of carbonyl (C=O) groups excluding carboxylic acids is 1. The Labute approximate surface area is 177 Å². The first-order valence-electron chi connectivity index (χ1n) is 10.1. The van der Waals surface area contributed by atoms with Gasteiger partial charge in [0, 0.05) is 12.2 Å². The highest BCUT2D eigenvalue weighted by Gasteiger charge is 2.54. The molecule has 5 rings (SSSR count). The molecule has 0 radical (unpaired) electrons. The number of sulfonamides is 1. The van der Waals surface area contributed by atoms with E-state index in [2.05, 4.69) is 21.9 Å². The van der Waals surface area contributed by atoms with E-state index in [9.17, 15) is 13.2 Å². The fraction of sp³-hybridized carbons (Fsp3) is 0.524. The Morgan fingerprint density at radius 2 is 1.66 bits per heavy atom. The first-order valence-corrected chi connectivity index (χ1v) is 12.0. The summed E-state index contributed by atoms with van der Waals surface area (Å²) in [6.07, 6.45) is 8.29. The highest BCUT2D eigenvalue weighted by molar-refractivity contribution is 7.89. The lowest BCUT2D eigenvalue weighted by Crippen LogP contribution is -2.55. The topological polar surface area (TPSA) is 87.3 Å². The maximum absolute atomic E-state index is 13.0. The summed E-state index contributed by atoms with van der Waals surface area (Å²) in [6, 6.07) is 6.26. The summed E-state index contributed by atoms with van der Waals surface area (Å²) in [6.45, 7) is 3.67. The highest BCUT2D eigenvalue weighted by Crippen LogP contribution is 2.60. The summed E-state index contributed by atoms with van der Waals surface area (Å²) in [7, 11) is -3.56. The van der Waals surface area contributed by atoms with Gasteiger partial charge in [-0.3, -0.25) is 4.79 Å². The molecule has 1 amide bonds. The highest BCUT2D eigenvalue weighted by atomic mass is 32.2. The molecular formula is C21H27N3O3S2. The van der Waals surface area contributed by atoms with Gasteiger partial charge in [0.1, 0.15) is 0 Å². The van der Waals surface area contributed by atoms with Crippen molar-refractivity contribution in [2.24, 2.45) is 23.2 Å². The summed E-state index contributed by atoms with van der Waals surface area (Å²) < 4.78 is 26.7. The average Bonchev–Trinajstić information content (AvgIpc) is 2.65. The fourth-order valence-corrected chi connectivity index (χ4v) is 6.97. The van der Waals surface area contributed by atoms with Gasteiger partial charge in [-0.25, -0.2) is 13.1 Å². The van der Waals surface area contributed by atoms with E-state index >= 15 is 0 Å². The lowest BCUT2D eigenvalue weighted by molar-refractivity contribution is -0.144. The van der Waals surface area contributed by atoms with Crippen molar-refractivity contribution in [1.82, 2.24) is 10.0 Å². The quantitative estimate of drug-likeness (QED) is 0.474. The Bertz CT molecular complexity index is 890. The third-order valence-corrected chi connectivity index (χ3v) is 8.23. The monoisotopic (exact) mass is 433 g/mol. The van der Waals surface area contributed by atoms with Crippen molar-refractivity contribution in [2.45, 2.75) is 43.4 Å². The SMILES string of the molecule is C=CCNS(=O)(=O)c1ccc(NC(=S)NC(=O)C23CC4CC(CC(C4)C2)C3)cc1. The Kier molecular flexibility index (Phi) is 5.52. The molecule has 4 bridgehead atoms. The van der Waals surface area contributed by atoms with E-state index in [1.807, 2.05) is 0 Å². The van der Waals surface area contributed by atoms with E-state index in [-0.39, 0.29) is 27.9 Å². The molecule has 4 aliphatic rings. The van der Waals surface area contributed by atoms with E-state index in [0.29, 0.717) is 23.4 Å². The van der Waals surface area contributed by atoms with Crippen molar-refractivity contribution in [3.8, 4) is 0 Å². The first-order chi connectivity index (χ1) is 13.8. The Hall–Kier alpha value is -1.77. The Morgan fingerprint density at radius 3 is 2.17 bits per heavy atom. The molecule has 0 spiro atoms. The molecule has 4 saturated carbocycles. The van der Waals surface area contributed by atoms with Crippen LogP contribution in [0.15, 0.2) is 41.8 Å². The second-order valence-corrected chi connectivity index (χ2v) is 10.9. The standard InChI is InChI=1S/C21H27N3O3S2/c1-2-7-22-29(26,27)18-5-3-17(4-6-18)23-20(28)24-19(25)21-11-14-8-15(12-21)10-16(9-14)13-21/h2-6,14-16,22H,1,7-13H2,(H2,23,24,25,28). The number of anilines is 1. The van der Waals surface area contributed by atoms with Gasteiger partial charge in [-0.1, -0.05) is 6.08 Å². The van der Waals surface area contributed by atoms with Crippen LogP contribution < -0.4 is 15.4 Å². The van der Waals surface area contributed by atoms with Crippen molar-refractivity contribution in [3.63, 3.8) is 0 Å². The van der Waals surface area contributed by atoms with E-state index in [0.717, 1.165) is 19.3 Å². The molecule has 0 heterocycles. The normalized spacial score (nSPS) is 30.0. The number of benzene rings is 1. The number of rotatable bonds is 6. The van der Waals surface area contributed by atoms with Crippen LogP contribution in [0.3, 0.4) is 0 Å². The van der Waals surface area contributed by atoms with Gasteiger partial charge >= 0.3 is 0 Å². The smallest absolute Gasteiger partial charge is 0.240 e. The molecule has 4 fully saturated rings. The van der Waals surface area contributed by atoms with Gasteiger partial charge < -0.3 is 10.6 Å². The minimum absolute atomic E-state index is 0.0434. The minimum atomic E-state index is -3.56. The Balaban J connectivity index is 1.36. The summed E-state index contributed by atoms with van der Waals surface area (Å²) in [5.74, 6) is 2.12. The van der Waals surface area contributed by atoms with Crippen LogP contribution in [-0.4, -0.2) is 26.0 Å². The van der Waals surface area contributed by atoms with Crippen LogP contribution in [0.25, 0.3) is 0 Å².